The predicted molar refractivity (Wildman–Crippen MR) is 140 cm³/mol. The van der Waals surface area contributed by atoms with Crippen molar-refractivity contribution < 1.29 is 55.8 Å². The van der Waals surface area contributed by atoms with E-state index in [1.54, 1.807) is 0 Å². The number of allylic oxidation sites excluding steroid dienone is 1. The Morgan fingerprint density at radius 2 is 1.98 bits per heavy atom. The highest BCUT2D eigenvalue weighted by molar-refractivity contribution is 7.51. The topological polar surface area (TPSA) is 151 Å². The van der Waals surface area contributed by atoms with Gasteiger partial charge in [-0.25, -0.2) is 32.0 Å². The van der Waals surface area contributed by atoms with E-state index in [4.69, 9.17) is 14.0 Å². The molecule has 4 rings (SSSR count). The van der Waals surface area contributed by atoms with Crippen molar-refractivity contribution in [3.05, 3.63) is 48.4 Å². The number of amidine groups is 1. The van der Waals surface area contributed by atoms with E-state index in [0.29, 0.717) is 15.6 Å². The summed E-state index contributed by atoms with van der Waals surface area (Å²) in [5, 5.41) is 3.59. The van der Waals surface area contributed by atoms with Crippen molar-refractivity contribution in [3.8, 4) is 0 Å². The third kappa shape index (κ3) is 6.53. The number of anilines is 2. The fourth-order valence-corrected chi connectivity index (χ4v) is 5.53. The number of benzene rings is 1. The van der Waals surface area contributed by atoms with Crippen LogP contribution < -0.4 is 9.80 Å². The largest absolute Gasteiger partial charge is 0.491 e. The van der Waals surface area contributed by atoms with Crippen molar-refractivity contribution >= 4 is 42.9 Å². The molecule has 18 heteroatoms. The summed E-state index contributed by atoms with van der Waals surface area (Å²) in [5.41, 5.74) is -1.53. The molecule has 3 aliphatic rings. The van der Waals surface area contributed by atoms with E-state index in [1.807, 2.05) is 0 Å². The lowest BCUT2D eigenvalue weighted by molar-refractivity contribution is -0.114. The Morgan fingerprint density at radius 1 is 1.26 bits per heavy atom. The highest BCUT2D eigenvalue weighted by Crippen LogP contribution is 2.48. The quantitative estimate of drug-likeness (QED) is 0.151. The van der Waals surface area contributed by atoms with Gasteiger partial charge in [0.25, 0.3) is 0 Å². The number of rotatable bonds is 8. The number of cyclic esters (lactones) is 1. The first-order chi connectivity index (χ1) is 20.0. The Hall–Kier alpha value is -4.08. The van der Waals surface area contributed by atoms with E-state index in [1.165, 1.54) is 0 Å². The molecule has 1 aromatic carbocycles. The number of carbonyl (C=O) groups excluding carboxylic acids is 3. The Labute approximate surface area is 237 Å². The van der Waals surface area contributed by atoms with Gasteiger partial charge >= 0.3 is 19.9 Å². The van der Waals surface area contributed by atoms with Crippen LogP contribution in [-0.2, 0) is 28.2 Å². The first kappa shape index (κ1) is 30.9. The van der Waals surface area contributed by atoms with E-state index < -0.39 is 68.0 Å². The fraction of sp³-hybridized carbons (Fsp3) is 0.417. The summed E-state index contributed by atoms with van der Waals surface area (Å²) >= 11 is 0. The molecule has 2 atom stereocenters. The van der Waals surface area contributed by atoms with Gasteiger partial charge in [0.1, 0.15) is 18.9 Å². The van der Waals surface area contributed by atoms with Crippen molar-refractivity contribution in [1.82, 2.24) is 9.57 Å². The van der Waals surface area contributed by atoms with Crippen molar-refractivity contribution in [2.75, 3.05) is 62.8 Å². The van der Waals surface area contributed by atoms with E-state index in [9.17, 15) is 23.8 Å². The van der Waals surface area contributed by atoms with Crippen molar-refractivity contribution in [1.29, 1.82) is 0 Å². The minimum Gasteiger partial charge on any atom is -0.442 e. The van der Waals surface area contributed by atoms with E-state index in [-0.39, 0.29) is 50.9 Å². The minimum atomic E-state index is -5.06. The number of nitrogens with zero attached hydrogens (tertiary/aromatic N) is 5. The second kappa shape index (κ2) is 12.8. The monoisotopic (exact) mass is 617 g/mol. The average Bonchev–Trinajstić information content (AvgIpc) is 3.33. The van der Waals surface area contributed by atoms with Crippen LogP contribution in [0.1, 0.15) is 6.42 Å². The molecule has 2 fully saturated rings. The standard InChI is InChI=1S/C24H27F3N5O9P/c1-3-19(28-38-2)32(42(36,37)41-23(34)30-8-10-39-11-9-30)14-16-13-31(24(35)40-16)18-12-17(25)22(21(27)20(18)26)29-6-4-15(33)5-7-29/h3-4,6,12,16H,1,5,7-11,13-14H2,2H3,(H,36,37)/b28-19+. The van der Waals surface area contributed by atoms with Gasteiger partial charge in [0.2, 0.25) is 0 Å². The smallest absolute Gasteiger partial charge is 0.442 e. The molecular formula is C24H27F3N5O9P. The Bertz CT molecular complexity index is 1370. The summed E-state index contributed by atoms with van der Waals surface area (Å²) in [6, 6.07) is 0.599. The third-order valence-electron chi connectivity index (χ3n) is 6.39. The maximum atomic E-state index is 15.2. The van der Waals surface area contributed by atoms with Gasteiger partial charge in [-0.1, -0.05) is 11.7 Å². The van der Waals surface area contributed by atoms with Gasteiger partial charge in [-0.3, -0.25) is 14.6 Å². The number of halogens is 3. The summed E-state index contributed by atoms with van der Waals surface area (Å²) < 4.78 is 74.2. The zero-order valence-electron chi connectivity index (χ0n) is 22.3. The second-order valence-electron chi connectivity index (χ2n) is 9.06. The highest BCUT2D eigenvalue weighted by Gasteiger charge is 2.43. The number of morpholine rings is 1. The molecule has 14 nitrogen and oxygen atoms in total. The normalized spacial score (nSPS) is 20.7. The molecule has 3 heterocycles. The molecular weight excluding hydrogens is 590 g/mol. The van der Waals surface area contributed by atoms with Gasteiger partial charge in [0, 0.05) is 38.3 Å². The van der Waals surface area contributed by atoms with Crippen LogP contribution >= 0.6 is 7.75 Å². The molecule has 0 radical (unpaired) electrons. The minimum absolute atomic E-state index is 0.0368. The van der Waals surface area contributed by atoms with Crippen molar-refractivity contribution in [2.45, 2.75) is 12.5 Å². The van der Waals surface area contributed by atoms with Gasteiger partial charge in [-0.15, -0.1) is 0 Å². The van der Waals surface area contributed by atoms with Gasteiger partial charge < -0.3 is 28.6 Å². The van der Waals surface area contributed by atoms with E-state index >= 15 is 13.2 Å². The molecule has 0 aromatic heterocycles. The SMILES string of the molecule is C=C/C(=N\OC)N(CC1CN(c2cc(F)c(N3C=CC(=O)CC3)c(F)c2F)C(=O)O1)P(=O)(O)OC(=O)N1CCOCC1. The van der Waals surface area contributed by atoms with E-state index in [0.717, 1.165) is 35.3 Å². The number of ether oxygens (including phenoxy) is 2. The summed E-state index contributed by atoms with van der Waals surface area (Å²) in [6.07, 6.45) is -0.454. The first-order valence-electron chi connectivity index (χ1n) is 12.5. The molecule has 0 saturated carbocycles. The number of ketones is 1. The number of oxime groups is 1. The molecule has 2 saturated heterocycles. The van der Waals surface area contributed by atoms with Crippen LogP contribution in [0.4, 0.5) is 34.1 Å². The molecule has 1 N–H and O–H groups in total. The summed E-state index contributed by atoms with van der Waals surface area (Å²) in [4.78, 5) is 54.8. The summed E-state index contributed by atoms with van der Waals surface area (Å²) in [6.45, 7) is 2.82. The molecule has 42 heavy (non-hydrogen) atoms. The first-order valence-corrected chi connectivity index (χ1v) is 14.0. The van der Waals surface area contributed by atoms with Gasteiger partial charge in [0.15, 0.2) is 29.1 Å². The van der Waals surface area contributed by atoms with Crippen LogP contribution in [-0.4, -0.2) is 97.4 Å². The Balaban J connectivity index is 1.56. The highest BCUT2D eigenvalue weighted by atomic mass is 31.2. The van der Waals surface area contributed by atoms with E-state index in [2.05, 4.69) is 16.6 Å². The Kier molecular flexibility index (Phi) is 9.43. The maximum absolute atomic E-state index is 15.2. The van der Waals surface area contributed by atoms with Crippen LogP contribution in [0.25, 0.3) is 0 Å². The average molecular weight is 617 g/mol. The van der Waals surface area contributed by atoms with Crippen molar-refractivity contribution in [2.24, 2.45) is 5.16 Å². The molecule has 2 amide bonds. The lowest BCUT2D eigenvalue weighted by atomic mass is 10.1. The van der Waals surface area contributed by atoms with Gasteiger partial charge in [0.05, 0.1) is 32.0 Å². The molecule has 228 valence electrons. The molecule has 3 aliphatic heterocycles. The molecule has 0 spiro atoms. The van der Waals surface area contributed by atoms with Crippen LogP contribution in [0.3, 0.4) is 0 Å². The maximum Gasteiger partial charge on any atom is 0.491 e. The van der Waals surface area contributed by atoms with Crippen LogP contribution in [0, 0.1) is 17.5 Å². The Morgan fingerprint density at radius 3 is 2.60 bits per heavy atom. The zero-order chi connectivity index (χ0) is 30.6. The van der Waals surface area contributed by atoms with Crippen LogP contribution in [0.2, 0.25) is 0 Å². The molecule has 1 aromatic rings. The lowest BCUT2D eigenvalue weighted by Gasteiger charge is -2.31. The summed E-state index contributed by atoms with van der Waals surface area (Å²) in [5.74, 6) is -5.02. The van der Waals surface area contributed by atoms with Gasteiger partial charge in [-0.05, 0) is 12.2 Å². The number of amides is 2. The van der Waals surface area contributed by atoms with Crippen LogP contribution in [0.5, 0.6) is 0 Å². The molecule has 0 aliphatic carbocycles. The second-order valence-corrected chi connectivity index (χ2v) is 10.7. The molecule has 2 unspecified atom stereocenters. The fourth-order valence-electron chi connectivity index (χ4n) is 4.35. The number of hydrogen-bond acceptors (Lipinski definition) is 10. The van der Waals surface area contributed by atoms with Gasteiger partial charge in [-0.2, -0.15) is 0 Å². The van der Waals surface area contributed by atoms with Crippen molar-refractivity contribution in [3.63, 3.8) is 0 Å². The third-order valence-corrected chi connectivity index (χ3v) is 7.76. The predicted octanol–water partition coefficient (Wildman–Crippen LogP) is 2.74. The number of hydrogen-bond donors (Lipinski definition) is 1. The zero-order valence-corrected chi connectivity index (χ0v) is 23.2. The van der Waals surface area contributed by atoms with Crippen LogP contribution in [0.15, 0.2) is 36.2 Å². The molecule has 0 bridgehead atoms. The number of carbonyl (C=O) groups is 3. The lowest BCUT2D eigenvalue weighted by Crippen LogP contribution is -2.42. The summed E-state index contributed by atoms with van der Waals surface area (Å²) in [7, 11) is -3.93.